The third-order valence-corrected chi connectivity index (χ3v) is 9.19. The van der Waals surface area contributed by atoms with Crippen LogP contribution in [0.1, 0.15) is 0 Å². The summed E-state index contributed by atoms with van der Waals surface area (Å²) in [5.74, 6) is 0. The maximum absolute atomic E-state index is 2.27. The van der Waals surface area contributed by atoms with Crippen LogP contribution in [-0.2, 0) is 0 Å². The van der Waals surface area contributed by atoms with Crippen LogP contribution in [0.15, 0.2) is 212 Å². The molecule has 49 heavy (non-hydrogen) atoms. The minimum Gasteiger partial charge on any atom is -0.0622 e. The van der Waals surface area contributed by atoms with Crippen molar-refractivity contribution < 1.29 is 0 Å². The van der Waals surface area contributed by atoms with Gasteiger partial charge >= 0.3 is 0 Å². The molecule has 8 rings (SSSR count). The van der Waals surface area contributed by atoms with Crippen molar-refractivity contribution in [1.29, 1.82) is 0 Å². The first kappa shape index (κ1) is 30.0. The van der Waals surface area contributed by atoms with Gasteiger partial charge in [-0.15, -0.1) is 0 Å². The minimum atomic E-state index is 1.17. The molecule has 0 aliphatic carbocycles. The van der Waals surface area contributed by atoms with Gasteiger partial charge in [0, 0.05) is 44.5 Å². The standard InChI is InChI=1S/C49H35/c1-8-22-36(23-9-1)43-44(37-24-10-2-11-25-37)46(39-28-14-4-15-29-39)48(41-32-18-6-19-33-41)49(42-34-20-7-21-35-42)47(40-30-16-5-17-31-40)45(43)38-26-12-3-13-27-38/h1-35H/q+1. The summed E-state index contributed by atoms with van der Waals surface area (Å²) in [5.41, 5.74) is 16.6. The molecular weight excluding hydrogens is 589 g/mol. The number of hydrogen-bond acceptors (Lipinski definition) is 0. The summed E-state index contributed by atoms with van der Waals surface area (Å²) in [5, 5.41) is 0. The van der Waals surface area contributed by atoms with E-state index in [9.17, 15) is 0 Å². The lowest BCUT2D eigenvalue weighted by Gasteiger charge is -2.16. The summed E-state index contributed by atoms with van der Waals surface area (Å²) < 4.78 is 0. The summed E-state index contributed by atoms with van der Waals surface area (Å²) in [6.45, 7) is 0. The van der Waals surface area contributed by atoms with Gasteiger partial charge in [0.1, 0.15) is 0 Å². The van der Waals surface area contributed by atoms with Gasteiger partial charge in [0.25, 0.3) is 0 Å². The fourth-order valence-electron chi connectivity index (χ4n) is 7.13. The lowest BCUT2D eigenvalue weighted by molar-refractivity contribution is 1.57. The highest BCUT2D eigenvalue weighted by atomic mass is 14.3. The molecule has 0 N–H and O–H groups in total. The molecule has 0 saturated carbocycles. The Hall–Kier alpha value is -6.37. The van der Waals surface area contributed by atoms with Crippen molar-refractivity contribution >= 4 is 0 Å². The van der Waals surface area contributed by atoms with Crippen molar-refractivity contribution in [2.75, 3.05) is 0 Å². The van der Waals surface area contributed by atoms with Crippen molar-refractivity contribution in [2.24, 2.45) is 0 Å². The fraction of sp³-hybridized carbons (Fsp3) is 0. The van der Waals surface area contributed by atoms with Crippen molar-refractivity contribution in [3.05, 3.63) is 212 Å². The molecule has 8 aromatic carbocycles. The van der Waals surface area contributed by atoms with E-state index >= 15 is 0 Å². The second-order valence-electron chi connectivity index (χ2n) is 12.2. The SMILES string of the molecule is c1ccc(-c2c(-c3ccccc3)c(-c3ccccc3)c(-c3ccccc3)[c+](-c3ccccc3)c(-c3ccccc3)c2-c2ccccc2)cc1. The number of benzene rings is 7. The quantitative estimate of drug-likeness (QED) is 0.155. The molecule has 0 unspecified atom stereocenters. The highest BCUT2D eigenvalue weighted by molar-refractivity contribution is 6.15. The average Bonchev–Trinajstić information content (AvgIpc) is 3.34. The van der Waals surface area contributed by atoms with Crippen molar-refractivity contribution in [3.63, 3.8) is 0 Å². The maximum Gasteiger partial charge on any atom is 0.0698 e. The highest BCUT2D eigenvalue weighted by Crippen LogP contribution is 2.56. The van der Waals surface area contributed by atoms with Crippen LogP contribution in [0.25, 0.3) is 77.9 Å². The van der Waals surface area contributed by atoms with Crippen LogP contribution >= 0.6 is 0 Å². The lowest BCUT2D eigenvalue weighted by Crippen LogP contribution is -1.93. The first-order chi connectivity index (χ1) is 24.4. The fourth-order valence-corrected chi connectivity index (χ4v) is 7.13. The molecule has 0 amide bonds. The zero-order chi connectivity index (χ0) is 32.8. The van der Waals surface area contributed by atoms with Crippen LogP contribution in [0, 0.1) is 0 Å². The van der Waals surface area contributed by atoms with Crippen molar-refractivity contribution in [2.45, 2.75) is 0 Å². The van der Waals surface area contributed by atoms with E-state index in [1.54, 1.807) is 0 Å². The first-order valence-corrected chi connectivity index (χ1v) is 16.9. The van der Waals surface area contributed by atoms with Gasteiger partial charge < -0.3 is 0 Å². The lowest BCUT2D eigenvalue weighted by atomic mass is 9.84. The van der Waals surface area contributed by atoms with Crippen LogP contribution in [0.5, 0.6) is 0 Å². The molecule has 230 valence electrons. The Balaban J connectivity index is 1.79. The van der Waals surface area contributed by atoms with Gasteiger partial charge in [-0.05, 0) is 83.9 Å². The van der Waals surface area contributed by atoms with Gasteiger partial charge in [0.05, 0.1) is 22.3 Å². The Morgan fingerprint density at radius 1 is 0.204 bits per heavy atom. The third-order valence-electron chi connectivity index (χ3n) is 9.19. The van der Waals surface area contributed by atoms with E-state index in [0.29, 0.717) is 0 Å². The molecule has 8 aromatic rings. The van der Waals surface area contributed by atoms with Crippen LogP contribution in [0.2, 0.25) is 0 Å². The van der Waals surface area contributed by atoms with Gasteiger partial charge in [-0.3, -0.25) is 0 Å². The zero-order valence-electron chi connectivity index (χ0n) is 27.2. The molecule has 0 saturated heterocycles. The molecule has 0 heterocycles. The van der Waals surface area contributed by atoms with Crippen LogP contribution in [-0.4, -0.2) is 0 Å². The number of hydrogen-bond donors (Lipinski definition) is 0. The molecule has 0 nitrogen and oxygen atoms in total. The number of rotatable bonds is 7. The maximum atomic E-state index is 2.27. The van der Waals surface area contributed by atoms with E-state index in [0.717, 1.165) is 0 Å². The van der Waals surface area contributed by atoms with Gasteiger partial charge in [0.15, 0.2) is 0 Å². The highest BCUT2D eigenvalue weighted by Gasteiger charge is 2.33. The van der Waals surface area contributed by atoms with Gasteiger partial charge in [-0.25, -0.2) is 0 Å². The molecule has 0 fully saturated rings. The molecule has 0 atom stereocenters. The van der Waals surface area contributed by atoms with E-state index in [4.69, 9.17) is 0 Å². The normalized spacial score (nSPS) is 10.9. The summed E-state index contributed by atoms with van der Waals surface area (Å²) in [4.78, 5) is 0. The summed E-state index contributed by atoms with van der Waals surface area (Å²) in [6, 6.07) is 76.7. The van der Waals surface area contributed by atoms with E-state index in [1.807, 2.05) is 0 Å². The first-order valence-electron chi connectivity index (χ1n) is 16.9. The topological polar surface area (TPSA) is 0 Å². The Kier molecular flexibility index (Phi) is 8.43. The monoisotopic (exact) mass is 623 g/mol. The van der Waals surface area contributed by atoms with Gasteiger partial charge in [-0.2, -0.15) is 0 Å². The predicted octanol–water partition coefficient (Wildman–Crippen LogP) is 13.6. The van der Waals surface area contributed by atoms with E-state index in [-0.39, 0.29) is 0 Å². The average molecular weight is 624 g/mol. The largest absolute Gasteiger partial charge is 0.0698 e. The summed E-state index contributed by atoms with van der Waals surface area (Å²) >= 11 is 0. The van der Waals surface area contributed by atoms with Crippen molar-refractivity contribution in [3.8, 4) is 77.9 Å². The van der Waals surface area contributed by atoms with Crippen molar-refractivity contribution in [1.82, 2.24) is 0 Å². The zero-order valence-corrected chi connectivity index (χ0v) is 27.2. The molecule has 0 aliphatic heterocycles. The van der Waals surface area contributed by atoms with Crippen LogP contribution < -0.4 is 0 Å². The van der Waals surface area contributed by atoms with E-state index in [2.05, 4.69) is 212 Å². The molecular formula is C49H35+. The summed E-state index contributed by atoms with van der Waals surface area (Å²) in [7, 11) is 0. The Morgan fingerprint density at radius 2 is 0.429 bits per heavy atom. The molecule has 0 aromatic heterocycles. The smallest absolute Gasteiger partial charge is 0.0622 e. The molecule has 0 spiro atoms. The van der Waals surface area contributed by atoms with E-state index < -0.39 is 0 Å². The molecule has 0 bridgehead atoms. The van der Waals surface area contributed by atoms with Gasteiger partial charge in [0.2, 0.25) is 0 Å². The Morgan fingerprint density at radius 3 is 0.714 bits per heavy atom. The minimum absolute atomic E-state index is 1.17. The molecule has 0 aliphatic rings. The second-order valence-corrected chi connectivity index (χ2v) is 12.2. The third kappa shape index (κ3) is 5.86. The van der Waals surface area contributed by atoms with Crippen LogP contribution in [0.3, 0.4) is 0 Å². The van der Waals surface area contributed by atoms with E-state index in [1.165, 1.54) is 77.9 Å². The second kappa shape index (κ2) is 13.8. The Bertz CT molecular complexity index is 1800. The molecule has 0 heteroatoms. The summed E-state index contributed by atoms with van der Waals surface area (Å²) in [6.07, 6.45) is 0. The van der Waals surface area contributed by atoms with Crippen LogP contribution in [0.4, 0.5) is 0 Å². The predicted molar refractivity (Wildman–Crippen MR) is 209 cm³/mol. The molecule has 0 radical (unpaired) electrons. The van der Waals surface area contributed by atoms with Gasteiger partial charge in [-0.1, -0.05) is 140 Å². The Labute approximate surface area is 289 Å².